The van der Waals surface area contributed by atoms with Gasteiger partial charge in [0.1, 0.15) is 11.5 Å². The van der Waals surface area contributed by atoms with E-state index in [0.717, 1.165) is 11.4 Å². The molecule has 0 aliphatic rings. The van der Waals surface area contributed by atoms with Gasteiger partial charge in [-0.25, -0.2) is 0 Å². The lowest BCUT2D eigenvalue weighted by Crippen LogP contribution is -2.20. The zero-order valence-corrected chi connectivity index (χ0v) is 11.6. The molecule has 1 aromatic heterocycles. The maximum Gasteiger partial charge on any atom is 0.255 e. The van der Waals surface area contributed by atoms with Gasteiger partial charge in [-0.15, -0.1) is 0 Å². The Morgan fingerprint density at radius 3 is 2.89 bits per heavy atom. The summed E-state index contributed by atoms with van der Waals surface area (Å²) in [4.78, 5) is 10.6. The van der Waals surface area contributed by atoms with Crippen molar-refractivity contribution < 1.29 is 13.9 Å². The maximum absolute atomic E-state index is 10.6. The summed E-state index contributed by atoms with van der Waals surface area (Å²) < 4.78 is 11.3. The predicted molar refractivity (Wildman–Crippen MR) is 74.9 cm³/mol. The minimum absolute atomic E-state index is 0.130. The molecule has 0 atom stereocenters. The number of benzene rings is 1. The van der Waals surface area contributed by atoms with Crippen molar-refractivity contribution in [3.8, 4) is 5.75 Å². The molecule has 6 heteroatoms. The summed E-state index contributed by atoms with van der Waals surface area (Å²) in [7, 11) is 0. The molecular formula is C13H13BrN2O3. The van der Waals surface area contributed by atoms with Gasteiger partial charge in [-0.1, -0.05) is 6.07 Å². The van der Waals surface area contributed by atoms with Crippen LogP contribution in [0, 0.1) is 0 Å². The van der Waals surface area contributed by atoms with Crippen molar-refractivity contribution in [3.05, 3.63) is 46.8 Å². The highest BCUT2D eigenvalue weighted by atomic mass is 79.9. The van der Waals surface area contributed by atoms with Crippen LogP contribution in [0.25, 0.3) is 0 Å². The number of nitrogens with one attached hydrogen (secondary N) is 1. The summed E-state index contributed by atoms with van der Waals surface area (Å²) in [6.45, 7) is 0.430. The number of amides is 1. The lowest BCUT2D eigenvalue weighted by molar-refractivity contribution is -0.119. The first-order valence-electron chi connectivity index (χ1n) is 5.63. The van der Waals surface area contributed by atoms with Crippen molar-refractivity contribution in [3.63, 3.8) is 0 Å². The van der Waals surface area contributed by atoms with E-state index in [1.807, 2.05) is 24.3 Å². The van der Waals surface area contributed by atoms with E-state index >= 15 is 0 Å². The highest BCUT2D eigenvalue weighted by Crippen LogP contribution is 2.19. The van der Waals surface area contributed by atoms with Gasteiger partial charge in [0.15, 0.2) is 11.3 Å². The van der Waals surface area contributed by atoms with Crippen molar-refractivity contribution >= 4 is 27.5 Å². The van der Waals surface area contributed by atoms with Gasteiger partial charge in [0.05, 0.1) is 6.54 Å². The molecule has 0 saturated carbocycles. The third-order valence-corrected chi connectivity index (χ3v) is 2.74. The van der Waals surface area contributed by atoms with Crippen LogP contribution in [0.15, 0.2) is 45.5 Å². The zero-order valence-electron chi connectivity index (χ0n) is 10.1. The lowest BCUT2D eigenvalue weighted by Gasteiger charge is -2.07. The molecule has 1 aromatic carbocycles. The zero-order chi connectivity index (χ0) is 13.7. The number of ether oxygens (including phenoxy) is 1. The number of anilines is 1. The molecular weight excluding hydrogens is 312 g/mol. The first-order valence-corrected chi connectivity index (χ1v) is 6.42. The van der Waals surface area contributed by atoms with Crippen LogP contribution in [-0.4, -0.2) is 12.5 Å². The summed E-state index contributed by atoms with van der Waals surface area (Å²) in [5, 5.41) is 3.19. The minimum atomic E-state index is -0.501. The molecule has 100 valence electrons. The van der Waals surface area contributed by atoms with Crippen molar-refractivity contribution in [2.45, 2.75) is 6.54 Å². The molecule has 0 aliphatic carbocycles. The van der Waals surface area contributed by atoms with E-state index in [-0.39, 0.29) is 6.61 Å². The molecule has 19 heavy (non-hydrogen) atoms. The fourth-order valence-electron chi connectivity index (χ4n) is 1.49. The summed E-state index contributed by atoms with van der Waals surface area (Å²) in [6.07, 6.45) is 0. The number of halogens is 1. The van der Waals surface area contributed by atoms with Crippen LogP contribution in [0.3, 0.4) is 0 Å². The van der Waals surface area contributed by atoms with Crippen molar-refractivity contribution in [1.82, 2.24) is 0 Å². The van der Waals surface area contributed by atoms with E-state index < -0.39 is 5.91 Å². The quantitative estimate of drug-likeness (QED) is 0.855. The first-order chi connectivity index (χ1) is 9.13. The Hall–Kier alpha value is -1.95. The number of carbonyl (C=O) groups is 1. The monoisotopic (exact) mass is 324 g/mol. The van der Waals surface area contributed by atoms with Gasteiger partial charge in [0, 0.05) is 11.8 Å². The third kappa shape index (κ3) is 4.33. The third-order valence-electron chi connectivity index (χ3n) is 2.31. The predicted octanol–water partition coefficient (Wildman–Crippen LogP) is 2.52. The number of rotatable bonds is 6. The van der Waals surface area contributed by atoms with Crippen molar-refractivity contribution in [1.29, 1.82) is 0 Å². The normalized spacial score (nSPS) is 10.2. The van der Waals surface area contributed by atoms with Crippen LogP contribution in [0.4, 0.5) is 5.69 Å². The SMILES string of the molecule is NC(=O)COc1cccc(NCc2ccc(Br)o2)c1. The van der Waals surface area contributed by atoms with Crippen LogP contribution in [0.1, 0.15) is 5.76 Å². The largest absolute Gasteiger partial charge is 0.484 e. The van der Waals surface area contributed by atoms with Crippen LogP contribution in [0.5, 0.6) is 5.75 Å². The Labute approximate surface area is 118 Å². The van der Waals surface area contributed by atoms with E-state index in [1.54, 1.807) is 12.1 Å². The molecule has 1 amide bonds. The van der Waals surface area contributed by atoms with Crippen LogP contribution in [-0.2, 0) is 11.3 Å². The summed E-state index contributed by atoms with van der Waals surface area (Å²) in [5.41, 5.74) is 5.89. The lowest BCUT2D eigenvalue weighted by atomic mass is 10.3. The number of nitrogens with two attached hydrogens (primary N) is 1. The number of carbonyl (C=O) groups excluding carboxylic acids is 1. The van der Waals surface area contributed by atoms with E-state index in [1.165, 1.54) is 0 Å². The fraction of sp³-hybridized carbons (Fsp3) is 0.154. The van der Waals surface area contributed by atoms with Crippen molar-refractivity contribution in [2.75, 3.05) is 11.9 Å². The molecule has 0 bridgehead atoms. The van der Waals surface area contributed by atoms with Crippen molar-refractivity contribution in [2.24, 2.45) is 5.73 Å². The number of hydrogen-bond donors (Lipinski definition) is 2. The van der Waals surface area contributed by atoms with Gasteiger partial charge in [-0.2, -0.15) is 0 Å². The Morgan fingerprint density at radius 2 is 2.21 bits per heavy atom. The average Bonchev–Trinajstić information content (AvgIpc) is 2.80. The van der Waals surface area contributed by atoms with Crippen LogP contribution in [0.2, 0.25) is 0 Å². The summed E-state index contributed by atoms with van der Waals surface area (Å²) >= 11 is 3.25. The standard InChI is InChI=1S/C13H13BrN2O3/c14-12-5-4-11(19-12)7-16-9-2-1-3-10(6-9)18-8-13(15)17/h1-6,16H,7-8H2,(H2,15,17). The number of primary amides is 1. The minimum Gasteiger partial charge on any atom is -0.484 e. The van der Waals surface area contributed by atoms with Gasteiger partial charge in [-0.3, -0.25) is 4.79 Å². The van der Waals surface area contributed by atoms with Gasteiger partial charge in [0.2, 0.25) is 0 Å². The second-order valence-corrected chi connectivity index (χ2v) is 4.62. The second-order valence-electron chi connectivity index (χ2n) is 3.84. The second kappa shape index (κ2) is 6.29. The molecule has 0 saturated heterocycles. The van der Waals surface area contributed by atoms with E-state index in [2.05, 4.69) is 21.2 Å². The molecule has 3 N–H and O–H groups in total. The maximum atomic E-state index is 10.6. The van der Waals surface area contributed by atoms with E-state index in [0.29, 0.717) is 17.0 Å². The fourth-order valence-corrected chi connectivity index (χ4v) is 1.83. The molecule has 2 rings (SSSR count). The Morgan fingerprint density at radius 1 is 1.37 bits per heavy atom. The molecule has 0 fully saturated rings. The van der Waals surface area contributed by atoms with Gasteiger partial charge >= 0.3 is 0 Å². The Kier molecular flexibility index (Phi) is 4.46. The number of furan rings is 1. The molecule has 0 aliphatic heterocycles. The summed E-state index contributed by atoms with van der Waals surface area (Å²) in [5.74, 6) is 0.901. The smallest absolute Gasteiger partial charge is 0.255 e. The highest BCUT2D eigenvalue weighted by Gasteiger charge is 2.01. The highest BCUT2D eigenvalue weighted by molar-refractivity contribution is 9.10. The van der Waals surface area contributed by atoms with Crippen LogP contribution < -0.4 is 15.8 Å². The molecule has 0 unspecified atom stereocenters. The Bertz CT molecular complexity index is 569. The van der Waals surface area contributed by atoms with Gasteiger partial charge in [-0.05, 0) is 40.2 Å². The molecule has 2 aromatic rings. The first kappa shape index (κ1) is 13.5. The van der Waals surface area contributed by atoms with Gasteiger partial charge in [0.25, 0.3) is 5.91 Å². The molecule has 5 nitrogen and oxygen atoms in total. The average molecular weight is 325 g/mol. The molecule has 0 spiro atoms. The van der Waals surface area contributed by atoms with Gasteiger partial charge < -0.3 is 20.2 Å². The topological polar surface area (TPSA) is 77.5 Å². The Balaban J connectivity index is 1.93. The molecule has 0 radical (unpaired) electrons. The number of hydrogen-bond acceptors (Lipinski definition) is 4. The summed E-state index contributed by atoms with van der Waals surface area (Å²) in [6, 6.07) is 11.0. The van der Waals surface area contributed by atoms with Crippen LogP contribution >= 0.6 is 15.9 Å². The van der Waals surface area contributed by atoms with E-state index in [4.69, 9.17) is 14.9 Å². The molecule has 1 heterocycles. The van der Waals surface area contributed by atoms with E-state index in [9.17, 15) is 4.79 Å².